The lowest BCUT2D eigenvalue weighted by Crippen LogP contribution is -2.49. The Morgan fingerprint density at radius 3 is 2.52 bits per heavy atom. The highest BCUT2D eigenvalue weighted by molar-refractivity contribution is 5.81. The zero-order chi connectivity index (χ0) is 14.8. The fourth-order valence-corrected chi connectivity index (χ4v) is 2.76. The summed E-state index contributed by atoms with van der Waals surface area (Å²) in [6.07, 6.45) is 1.06. The van der Waals surface area contributed by atoms with Crippen LogP contribution >= 0.6 is 0 Å². The Hall–Kier alpha value is -1.85. The van der Waals surface area contributed by atoms with Crippen LogP contribution in [0.3, 0.4) is 0 Å². The summed E-state index contributed by atoms with van der Waals surface area (Å²) in [6.45, 7) is 7.84. The lowest BCUT2D eigenvalue weighted by Gasteiger charge is -2.35. The van der Waals surface area contributed by atoms with Gasteiger partial charge in [-0.2, -0.15) is 0 Å². The standard InChI is InChI=1S/C15H22N4O2/c1-3-21-14-5-4-13(16-17-14)18-6-8-19(9-7-18)15(20)12-10-11(12)2/h4-5,11-12H,3,6-10H2,1-2H3/t11-,12-/m0/s1. The predicted octanol–water partition coefficient (Wildman–Crippen LogP) is 1.18. The first-order valence-electron chi connectivity index (χ1n) is 7.69. The van der Waals surface area contributed by atoms with Crippen LogP contribution in [0.25, 0.3) is 0 Å². The summed E-state index contributed by atoms with van der Waals surface area (Å²) >= 11 is 0. The molecule has 3 rings (SSSR count). The summed E-state index contributed by atoms with van der Waals surface area (Å²) in [5.41, 5.74) is 0. The molecule has 2 aliphatic rings. The van der Waals surface area contributed by atoms with Crippen LogP contribution in [0.15, 0.2) is 12.1 Å². The highest BCUT2D eigenvalue weighted by Crippen LogP contribution is 2.39. The van der Waals surface area contributed by atoms with Crippen molar-refractivity contribution in [3.8, 4) is 5.88 Å². The third kappa shape index (κ3) is 3.09. The van der Waals surface area contributed by atoms with Crippen molar-refractivity contribution in [3.63, 3.8) is 0 Å². The lowest BCUT2D eigenvalue weighted by atomic mass is 10.2. The first kappa shape index (κ1) is 14.1. The van der Waals surface area contributed by atoms with E-state index in [2.05, 4.69) is 22.0 Å². The summed E-state index contributed by atoms with van der Waals surface area (Å²) < 4.78 is 5.29. The summed E-state index contributed by atoms with van der Waals surface area (Å²) in [4.78, 5) is 16.4. The molecule has 0 N–H and O–H groups in total. The Morgan fingerprint density at radius 2 is 2.00 bits per heavy atom. The van der Waals surface area contributed by atoms with Crippen molar-refractivity contribution in [1.82, 2.24) is 15.1 Å². The number of carbonyl (C=O) groups excluding carboxylic acids is 1. The van der Waals surface area contributed by atoms with Crippen molar-refractivity contribution in [3.05, 3.63) is 12.1 Å². The second-order valence-electron chi connectivity index (χ2n) is 5.79. The van der Waals surface area contributed by atoms with Crippen LogP contribution in [0.1, 0.15) is 20.3 Å². The summed E-state index contributed by atoms with van der Waals surface area (Å²) in [5.74, 6) is 2.59. The molecule has 0 spiro atoms. The highest BCUT2D eigenvalue weighted by Gasteiger charge is 2.41. The molecule has 6 heteroatoms. The number of carbonyl (C=O) groups is 1. The average Bonchev–Trinajstić information content (AvgIpc) is 3.25. The van der Waals surface area contributed by atoms with E-state index in [1.807, 2.05) is 24.0 Å². The summed E-state index contributed by atoms with van der Waals surface area (Å²) in [7, 11) is 0. The third-order valence-corrected chi connectivity index (χ3v) is 4.26. The van der Waals surface area contributed by atoms with Crippen LogP contribution in [0.2, 0.25) is 0 Å². The number of amides is 1. The molecule has 0 radical (unpaired) electrons. The van der Waals surface area contributed by atoms with E-state index in [4.69, 9.17) is 4.74 Å². The molecule has 1 aromatic heterocycles. The van der Waals surface area contributed by atoms with E-state index in [1.165, 1.54) is 0 Å². The fourth-order valence-electron chi connectivity index (χ4n) is 2.76. The molecule has 1 aromatic rings. The number of hydrogen-bond acceptors (Lipinski definition) is 5. The van der Waals surface area contributed by atoms with Crippen LogP contribution in [0, 0.1) is 11.8 Å². The zero-order valence-electron chi connectivity index (χ0n) is 12.7. The first-order valence-corrected chi connectivity index (χ1v) is 7.69. The molecule has 1 saturated carbocycles. The molecule has 1 aliphatic carbocycles. The van der Waals surface area contributed by atoms with Gasteiger partial charge in [-0.3, -0.25) is 4.79 Å². The Labute approximate surface area is 125 Å². The van der Waals surface area contributed by atoms with E-state index < -0.39 is 0 Å². The van der Waals surface area contributed by atoms with E-state index in [0.29, 0.717) is 24.3 Å². The van der Waals surface area contributed by atoms with Crippen molar-refractivity contribution < 1.29 is 9.53 Å². The van der Waals surface area contributed by atoms with Gasteiger partial charge in [0, 0.05) is 38.2 Å². The molecule has 1 saturated heterocycles. The average molecular weight is 290 g/mol. The maximum absolute atomic E-state index is 12.2. The van der Waals surface area contributed by atoms with Crippen molar-refractivity contribution in [1.29, 1.82) is 0 Å². The van der Waals surface area contributed by atoms with Gasteiger partial charge >= 0.3 is 0 Å². The Morgan fingerprint density at radius 1 is 1.29 bits per heavy atom. The largest absolute Gasteiger partial charge is 0.477 e. The predicted molar refractivity (Wildman–Crippen MR) is 79.3 cm³/mol. The molecule has 0 unspecified atom stereocenters. The SMILES string of the molecule is CCOc1ccc(N2CCN(C(=O)[C@H]3C[C@@H]3C)CC2)nn1. The third-order valence-electron chi connectivity index (χ3n) is 4.26. The van der Waals surface area contributed by atoms with E-state index in [1.54, 1.807) is 0 Å². The second-order valence-corrected chi connectivity index (χ2v) is 5.79. The number of piperazine rings is 1. The van der Waals surface area contributed by atoms with Gasteiger partial charge in [-0.15, -0.1) is 10.2 Å². The normalized spacial score (nSPS) is 24.9. The number of hydrogen-bond donors (Lipinski definition) is 0. The van der Waals surface area contributed by atoms with Gasteiger partial charge in [0.1, 0.15) is 0 Å². The van der Waals surface area contributed by atoms with Crippen LogP contribution in [-0.2, 0) is 4.79 Å². The van der Waals surface area contributed by atoms with Crippen LogP contribution < -0.4 is 9.64 Å². The Kier molecular flexibility index (Phi) is 3.94. The molecule has 2 heterocycles. The van der Waals surface area contributed by atoms with Gasteiger partial charge < -0.3 is 14.5 Å². The monoisotopic (exact) mass is 290 g/mol. The minimum Gasteiger partial charge on any atom is -0.477 e. The molecule has 0 aromatic carbocycles. The van der Waals surface area contributed by atoms with Gasteiger partial charge in [-0.25, -0.2) is 0 Å². The van der Waals surface area contributed by atoms with Gasteiger partial charge in [-0.1, -0.05) is 6.92 Å². The smallest absolute Gasteiger partial charge is 0.233 e. The zero-order valence-corrected chi connectivity index (χ0v) is 12.7. The van der Waals surface area contributed by atoms with Crippen LogP contribution in [0.5, 0.6) is 5.88 Å². The van der Waals surface area contributed by atoms with E-state index in [9.17, 15) is 4.79 Å². The Bertz CT molecular complexity index is 497. The number of rotatable bonds is 4. The highest BCUT2D eigenvalue weighted by atomic mass is 16.5. The van der Waals surface area contributed by atoms with Gasteiger partial charge in [0.2, 0.25) is 11.8 Å². The molecule has 1 amide bonds. The first-order chi connectivity index (χ1) is 10.2. The molecule has 2 fully saturated rings. The van der Waals surface area contributed by atoms with Crippen molar-refractivity contribution >= 4 is 11.7 Å². The molecule has 6 nitrogen and oxygen atoms in total. The molecular weight excluding hydrogens is 268 g/mol. The fraction of sp³-hybridized carbons (Fsp3) is 0.667. The second kappa shape index (κ2) is 5.87. The van der Waals surface area contributed by atoms with E-state index in [-0.39, 0.29) is 5.92 Å². The lowest BCUT2D eigenvalue weighted by molar-refractivity contribution is -0.133. The van der Waals surface area contributed by atoms with Crippen molar-refractivity contribution in [2.24, 2.45) is 11.8 Å². The molecular formula is C15H22N4O2. The van der Waals surface area contributed by atoms with Crippen LogP contribution in [0.4, 0.5) is 5.82 Å². The molecule has 2 atom stereocenters. The van der Waals surface area contributed by atoms with Crippen molar-refractivity contribution in [2.45, 2.75) is 20.3 Å². The molecule has 0 bridgehead atoms. The number of aromatic nitrogens is 2. The minimum absolute atomic E-state index is 0.279. The Balaban J connectivity index is 1.54. The molecule has 114 valence electrons. The maximum atomic E-state index is 12.2. The van der Waals surface area contributed by atoms with E-state index in [0.717, 1.165) is 38.4 Å². The van der Waals surface area contributed by atoms with Gasteiger partial charge in [0.15, 0.2) is 5.82 Å². The molecule has 1 aliphatic heterocycles. The van der Waals surface area contributed by atoms with E-state index >= 15 is 0 Å². The summed E-state index contributed by atoms with van der Waals surface area (Å²) in [6, 6.07) is 3.77. The maximum Gasteiger partial charge on any atom is 0.233 e. The quantitative estimate of drug-likeness (QED) is 0.833. The van der Waals surface area contributed by atoms with Gasteiger partial charge in [-0.05, 0) is 25.3 Å². The van der Waals surface area contributed by atoms with Crippen LogP contribution in [-0.4, -0.2) is 53.8 Å². The number of ether oxygens (including phenoxy) is 1. The number of nitrogens with zero attached hydrogens (tertiary/aromatic N) is 4. The topological polar surface area (TPSA) is 58.6 Å². The van der Waals surface area contributed by atoms with Crippen molar-refractivity contribution in [2.75, 3.05) is 37.7 Å². The summed E-state index contributed by atoms with van der Waals surface area (Å²) in [5, 5.41) is 8.25. The number of anilines is 1. The van der Waals surface area contributed by atoms with Gasteiger partial charge in [0.25, 0.3) is 0 Å². The minimum atomic E-state index is 0.279. The van der Waals surface area contributed by atoms with Gasteiger partial charge in [0.05, 0.1) is 6.61 Å². The molecule has 21 heavy (non-hydrogen) atoms.